The van der Waals surface area contributed by atoms with E-state index in [0.717, 1.165) is 0 Å². The van der Waals surface area contributed by atoms with Gasteiger partial charge in [-0.2, -0.15) is 0 Å². The summed E-state index contributed by atoms with van der Waals surface area (Å²) >= 11 is 14.9. The van der Waals surface area contributed by atoms with Gasteiger partial charge in [-0.05, 0) is 40.2 Å². The molecule has 2 aromatic rings. The van der Waals surface area contributed by atoms with Crippen LogP contribution in [0.5, 0.6) is 0 Å². The Bertz CT molecular complexity index is 523. The van der Waals surface area contributed by atoms with Crippen LogP contribution in [0.1, 0.15) is 0 Å². The first-order valence-corrected chi connectivity index (χ1v) is 6.14. The van der Waals surface area contributed by atoms with Crippen LogP contribution in [0.25, 0.3) is 0 Å². The standard InChI is InChI=1S/C11H6BrCl2FN2/c12-8-3-7(15)4-9(14)11(8)17-10-2-1-6(13)5-16-10/h1-5H,(H,16,17). The average molecular weight is 336 g/mol. The monoisotopic (exact) mass is 334 g/mol. The smallest absolute Gasteiger partial charge is 0.130 e. The van der Waals surface area contributed by atoms with Crippen molar-refractivity contribution in [1.82, 2.24) is 4.98 Å². The lowest BCUT2D eigenvalue weighted by molar-refractivity contribution is 0.627. The van der Waals surface area contributed by atoms with Crippen LogP contribution in [0.15, 0.2) is 34.9 Å². The van der Waals surface area contributed by atoms with Gasteiger partial charge in [0.2, 0.25) is 0 Å². The molecule has 6 heteroatoms. The first-order valence-electron chi connectivity index (χ1n) is 4.59. The number of halogens is 4. The van der Waals surface area contributed by atoms with E-state index in [-0.39, 0.29) is 5.02 Å². The molecule has 0 amide bonds. The highest BCUT2D eigenvalue weighted by Gasteiger charge is 2.08. The maximum atomic E-state index is 13.0. The maximum absolute atomic E-state index is 13.0. The summed E-state index contributed by atoms with van der Waals surface area (Å²) in [7, 11) is 0. The Hall–Kier alpha value is -0.840. The van der Waals surface area contributed by atoms with Crippen LogP contribution < -0.4 is 5.32 Å². The van der Waals surface area contributed by atoms with E-state index in [4.69, 9.17) is 23.2 Å². The Labute approximate surface area is 116 Å². The predicted octanol–water partition coefficient (Wildman–Crippen LogP) is 5.03. The third-order valence-electron chi connectivity index (χ3n) is 1.99. The van der Waals surface area contributed by atoms with E-state index in [9.17, 15) is 4.39 Å². The minimum absolute atomic E-state index is 0.272. The van der Waals surface area contributed by atoms with Gasteiger partial charge < -0.3 is 5.32 Å². The van der Waals surface area contributed by atoms with Gasteiger partial charge in [0.25, 0.3) is 0 Å². The summed E-state index contributed by atoms with van der Waals surface area (Å²) in [6.07, 6.45) is 1.51. The highest BCUT2D eigenvalue weighted by molar-refractivity contribution is 9.10. The number of hydrogen-bond donors (Lipinski definition) is 1. The number of rotatable bonds is 2. The van der Waals surface area contributed by atoms with Crippen LogP contribution in [-0.4, -0.2) is 4.98 Å². The second-order valence-corrected chi connectivity index (χ2v) is 4.93. The van der Waals surface area contributed by atoms with Crippen molar-refractivity contribution in [3.05, 3.63) is 50.8 Å². The van der Waals surface area contributed by atoms with Gasteiger partial charge in [0, 0.05) is 10.7 Å². The molecule has 0 aliphatic rings. The molecule has 17 heavy (non-hydrogen) atoms. The fourth-order valence-corrected chi connectivity index (χ4v) is 2.25. The first kappa shape index (κ1) is 12.6. The number of nitrogens with one attached hydrogen (secondary N) is 1. The van der Waals surface area contributed by atoms with Gasteiger partial charge in [-0.3, -0.25) is 0 Å². The number of benzene rings is 1. The van der Waals surface area contributed by atoms with Crippen molar-refractivity contribution in [1.29, 1.82) is 0 Å². The van der Waals surface area contributed by atoms with Crippen LogP contribution in [0.2, 0.25) is 10.0 Å². The van der Waals surface area contributed by atoms with Gasteiger partial charge >= 0.3 is 0 Å². The number of aromatic nitrogens is 1. The summed E-state index contributed by atoms with van der Waals surface area (Å²) in [5.74, 6) is 0.167. The summed E-state index contributed by atoms with van der Waals surface area (Å²) < 4.78 is 13.6. The van der Waals surface area contributed by atoms with Gasteiger partial charge in [0.1, 0.15) is 11.6 Å². The summed E-state index contributed by atoms with van der Waals surface area (Å²) in [6.45, 7) is 0. The van der Waals surface area contributed by atoms with E-state index >= 15 is 0 Å². The van der Waals surface area contributed by atoms with Crippen LogP contribution in [0, 0.1) is 5.82 Å². The minimum atomic E-state index is -0.406. The molecule has 0 bridgehead atoms. The van der Waals surface area contributed by atoms with Crippen LogP contribution >= 0.6 is 39.1 Å². The Balaban J connectivity index is 2.33. The molecule has 0 aliphatic heterocycles. The quantitative estimate of drug-likeness (QED) is 0.832. The zero-order valence-electron chi connectivity index (χ0n) is 8.35. The molecule has 1 heterocycles. The zero-order valence-corrected chi connectivity index (χ0v) is 11.4. The van der Waals surface area contributed by atoms with Crippen molar-refractivity contribution in [2.24, 2.45) is 0 Å². The third kappa shape index (κ3) is 3.09. The van der Waals surface area contributed by atoms with Crippen LogP contribution in [0.4, 0.5) is 15.9 Å². The molecule has 1 aromatic heterocycles. The summed E-state index contributed by atoms with van der Waals surface area (Å²) in [5, 5.41) is 3.79. The van der Waals surface area contributed by atoms with E-state index in [1.807, 2.05) is 0 Å². The van der Waals surface area contributed by atoms with Crippen LogP contribution in [0.3, 0.4) is 0 Å². The second-order valence-electron chi connectivity index (χ2n) is 3.23. The normalized spacial score (nSPS) is 10.4. The molecule has 0 spiro atoms. The SMILES string of the molecule is Fc1cc(Cl)c(Nc2ccc(Cl)cn2)c(Br)c1. The summed E-state index contributed by atoms with van der Waals surface area (Å²) in [4.78, 5) is 4.06. The summed E-state index contributed by atoms with van der Waals surface area (Å²) in [6, 6.07) is 5.95. The number of hydrogen-bond acceptors (Lipinski definition) is 2. The van der Waals surface area contributed by atoms with Gasteiger partial charge in [-0.25, -0.2) is 9.37 Å². The number of pyridine rings is 1. The second kappa shape index (κ2) is 5.21. The van der Waals surface area contributed by atoms with Crippen molar-refractivity contribution < 1.29 is 4.39 Å². The van der Waals surface area contributed by atoms with E-state index in [2.05, 4.69) is 26.2 Å². The molecule has 0 saturated heterocycles. The van der Waals surface area contributed by atoms with Gasteiger partial charge in [0.15, 0.2) is 0 Å². The van der Waals surface area contributed by atoms with E-state index in [0.29, 0.717) is 21.0 Å². The first-order chi connectivity index (χ1) is 8.06. The molecule has 1 N–H and O–H groups in total. The predicted molar refractivity (Wildman–Crippen MR) is 71.6 cm³/mol. The Morgan fingerprint density at radius 2 is 2.00 bits per heavy atom. The average Bonchev–Trinajstić information content (AvgIpc) is 2.26. The molecule has 1 aromatic carbocycles. The molecule has 0 saturated carbocycles. The molecule has 88 valence electrons. The molecule has 0 radical (unpaired) electrons. The lowest BCUT2D eigenvalue weighted by Crippen LogP contribution is -1.95. The molecular formula is C11H6BrCl2FN2. The zero-order chi connectivity index (χ0) is 12.4. The Morgan fingerprint density at radius 3 is 2.59 bits per heavy atom. The highest BCUT2D eigenvalue weighted by Crippen LogP contribution is 2.33. The largest absolute Gasteiger partial charge is 0.338 e. The van der Waals surface area contributed by atoms with E-state index in [1.54, 1.807) is 12.1 Å². The molecule has 2 rings (SSSR count). The number of nitrogens with zero attached hydrogens (tertiary/aromatic N) is 1. The maximum Gasteiger partial charge on any atom is 0.130 e. The molecule has 0 fully saturated rings. The van der Waals surface area contributed by atoms with Crippen molar-refractivity contribution in [2.45, 2.75) is 0 Å². The molecular weight excluding hydrogens is 330 g/mol. The fraction of sp³-hybridized carbons (Fsp3) is 0. The highest BCUT2D eigenvalue weighted by atomic mass is 79.9. The summed E-state index contributed by atoms with van der Waals surface area (Å²) in [5.41, 5.74) is 0.558. The van der Waals surface area contributed by atoms with Crippen molar-refractivity contribution in [3.8, 4) is 0 Å². The van der Waals surface area contributed by atoms with Gasteiger partial charge in [-0.15, -0.1) is 0 Å². The topological polar surface area (TPSA) is 24.9 Å². The van der Waals surface area contributed by atoms with E-state index < -0.39 is 5.82 Å². The Morgan fingerprint density at radius 1 is 1.24 bits per heavy atom. The van der Waals surface area contributed by atoms with E-state index in [1.165, 1.54) is 18.3 Å². The lowest BCUT2D eigenvalue weighted by atomic mass is 10.3. The molecule has 0 atom stereocenters. The third-order valence-corrected chi connectivity index (χ3v) is 3.13. The molecule has 0 unspecified atom stereocenters. The van der Waals surface area contributed by atoms with Crippen molar-refractivity contribution in [2.75, 3.05) is 5.32 Å². The van der Waals surface area contributed by atoms with Gasteiger partial charge in [0.05, 0.1) is 15.7 Å². The fourth-order valence-electron chi connectivity index (χ4n) is 1.24. The number of anilines is 2. The van der Waals surface area contributed by atoms with Gasteiger partial charge in [-0.1, -0.05) is 23.2 Å². The minimum Gasteiger partial charge on any atom is -0.338 e. The lowest BCUT2D eigenvalue weighted by Gasteiger charge is -2.09. The Kier molecular flexibility index (Phi) is 3.86. The molecule has 0 aliphatic carbocycles. The molecule has 2 nitrogen and oxygen atoms in total. The van der Waals surface area contributed by atoms with Crippen LogP contribution in [-0.2, 0) is 0 Å². The van der Waals surface area contributed by atoms with Crippen molar-refractivity contribution >= 4 is 50.6 Å². The van der Waals surface area contributed by atoms with Crippen molar-refractivity contribution in [3.63, 3.8) is 0 Å².